The first-order chi connectivity index (χ1) is 12.9. The van der Waals surface area contributed by atoms with Crippen molar-refractivity contribution in [1.29, 1.82) is 0 Å². The van der Waals surface area contributed by atoms with E-state index in [-0.39, 0.29) is 6.10 Å². The van der Waals surface area contributed by atoms with Crippen molar-refractivity contribution in [2.24, 2.45) is 0 Å². The molecule has 0 aliphatic rings. The molecule has 1 atom stereocenters. The van der Waals surface area contributed by atoms with Crippen molar-refractivity contribution in [2.45, 2.75) is 32.5 Å². The summed E-state index contributed by atoms with van der Waals surface area (Å²) >= 11 is 0. The molecule has 3 rings (SSSR count). The predicted octanol–water partition coefficient (Wildman–Crippen LogP) is 4.33. The molecular formula is C18H18F3N5O. The van der Waals surface area contributed by atoms with Gasteiger partial charge in [0.15, 0.2) is 0 Å². The van der Waals surface area contributed by atoms with Gasteiger partial charge >= 0.3 is 6.18 Å². The van der Waals surface area contributed by atoms with Gasteiger partial charge in [-0.2, -0.15) is 13.2 Å². The number of aromatic nitrogens is 4. The fraction of sp³-hybridized carbons (Fsp3) is 0.278. The second-order valence-electron chi connectivity index (χ2n) is 5.94. The van der Waals surface area contributed by atoms with E-state index in [4.69, 9.17) is 4.84 Å². The summed E-state index contributed by atoms with van der Waals surface area (Å²) in [6.45, 7) is 3.87. The molecule has 6 nitrogen and oxygen atoms in total. The molecule has 3 aromatic rings. The SMILES string of the molecule is CCC(C)On1nnc(-c2ccccc2Nc2ccc(C(F)(F)F)cc2)n1. The van der Waals surface area contributed by atoms with Gasteiger partial charge in [0.2, 0.25) is 5.82 Å². The zero-order valence-corrected chi connectivity index (χ0v) is 14.7. The Labute approximate surface area is 153 Å². The van der Waals surface area contributed by atoms with Crippen LogP contribution in [0.4, 0.5) is 24.5 Å². The Morgan fingerprint density at radius 3 is 2.48 bits per heavy atom. The predicted molar refractivity (Wildman–Crippen MR) is 94.3 cm³/mol. The number of tetrazole rings is 1. The summed E-state index contributed by atoms with van der Waals surface area (Å²) in [5.41, 5.74) is 1.10. The minimum absolute atomic E-state index is 0.0624. The monoisotopic (exact) mass is 377 g/mol. The lowest BCUT2D eigenvalue weighted by Gasteiger charge is -2.11. The topological polar surface area (TPSA) is 64.9 Å². The van der Waals surface area contributed by atoms with E-state index in [0.29, 0.717) is 22.8 Å². The molecule has 0 saturated carbocycles. The highest BCUT2D eigenvalue weighted by Gasteiger charge is 2.29. The van der Waals surface area contributed by atoms with Crippen LogP contribution in [0.25, 0.3) is 11.4 Å². The van der Waals surface area contributed by atoms with E-state index in [1.54, 1.807) is 18.2 Å². The highest BCUT2D eigenvalue weighted by atomic mass is 19.4. The molecule has 142 valence electrons. The summed E-state index contributed by atoms with van der Waals surface area (Å²) in [5.74, 6) is 0.341. The Kier molecular flexibility index (Phi) is 5.29. The summed E-state index contributed by atoms with van der Waals surface area (Å²) in [4.78, 5) is 6.54. The highest BCUT2D eigenvalue weighted by Crippen LogP contribution is 2.32. The van der Waals surface area contributed by atoms with E-state index in [0.717, 1.165) is 23.5 Å². The van der Waals surface area contributed by atoms with Crippen LogP contribution in [-0.2, 0) is 6.18 Å². The number of anilines is 2. The molecule has 1 unspecified atom stereocenters. The molecule has 9 heteroatoms. The average Bonchev–Trinajstić information content (AvgIpc) is 3.10. The molecule has 0 amide bonds. The van der Waals surface area contributed by atoms with Crippen molar-refractivity contribution < 1.29 is 18.0 Å². The number of benzene rings is 2. The smallest absolute Gasteiger partial charge is 0.377 e. The Bertz CT molecular complexity index is 893. The number of hydrogen-bond acceptors (Lipinski definition) is 5. The Morgan fingerprint density at radius 1 is 1.11 bits per heavy atom. The minimum atomic E-state index is -4.37. The van der Waals surface area contributed by atoms with Gasteiger partial charge in [-0.05, 0) is 55.0 Å². The van der Waals surface area contributed by atoms with Crippen molar-refractivity contribution in [3.63, 3.8) is 0 Å². The number of para-hydroxylation sites is 1. The lowest BCUT2D eigenvalue weighted by atomic mass is 10.1. The Morgan fingerprint density at radius 2 is 1.81 bits per heavy atom. The lowest BCUT2D eigenvalue weighted by Crippen LogP contribution is -2.23. The van der Waals surface area contributed by atoms with Crippen LogP contribution in [0, 0.1) is 0 Å². The zero-order valence-electron chi connectivity index (χ0n) is 14.7. The molecule has 0 spiro atoms. The second-order valence-corrected chi connectivity index (χ2v) is 5.94. The van der Waals surface area contributed by atoms with Crippen LogP contribution < -0.4 is 10.2 Å². The standard InChI is InChI=1S/C18H18F3N5O/c1-3-12(2)27-26-24-17(23-25-26)15-6-4-5-7-16(15)22-14-10-8-13(9-11-14)18(19,20)21/h4-12,22H,3H2,1-2H3. The lowest BCUT2D eigenvalue weighted by molar-refractivity contribution is -0.137. The van der Waals surface area contributed by atoms with Crippen molar-refractivity contribution >= 4 is 11.4 Å². The highest BCUT2D eigenvalue weighted by molar-refractivity contribution is 5.77. The number of nitrogens with one attached hydrogen (secondary N) is 1. The summed E-state index contributed by atoms with van der Waals surface area (Å²) in [5, 5.41) is 15.1. The van der Waals surface area contributed by atoms with Gasteiger partial charge in [0, 0.05) is 21.9 Å². The Hall–Kier alpha value is -3.10. The zero-order chi connectivity index (χ0) is 19.4. The quantitative estimate of drug-likeness (QED) is 0.693. The summed E-state index contributed by atoms with van der Waals surface area (Å²) < 4.78 is 38.1. The summed E-state index contributed by atoms with van der Waals surface area (Å²) in [7, 11) is 0. The first-order valence-corrected chi connectivity index (χ1v) is 8.37. The van der Waals surface area contributed by atoms with E-state index in [1.165, 1.54) is 12.1 Å². The maximum absolute atomic E-state index is 12.7. The van der Waals surface area contributed by atoms with E-state index < -0.39 is 11.7 Å². The van der Waals surface area contributed by atoms with Crippen molar-refractivity contribution in [2.75, 3.05) is 5.32 Å². The fourth-order valence-corrected chi connectivity index (χ4v) is 2.27. The molecule has 1 N–H and O–H groups in total. The van der Waals surface area contributed by atoms with Gasteiger partial charge in [-0.25, -0.2) is 0 Å². The third-order valence-electron chi connectivity index (χ3n) is 3.90. The van der Waals surface area contributed by atoms with Gasteiger partial charge in [0.25, 0.3) is 0 Å². The summed E-state index contributed by atoms with van der Waals surface area (Å²) in [6, 6.07) is 12.0. The van der Waals surface area contributed by atoms with Crippen molar-refractivity contribution in [3.8, 4) is 11.4 Å². The summed E-state index contributed by atoms with van der Waals surface area (Å²) in [6.07, 6.45) is -3.63. The number of alkyl halides is 3. The van der Waals surface area contributed by atoms with Crippen LogP contribution in [0.2, 0.25) is 0 Å². The van der Waals surface area contributed by atoms with E-state index >= 15 is 0 Å². The fourth-order valence-electron chi connectivity index (χ4n) is 2.27. The van der Waals surface area contributed by atoms with E-state index in [1.807, 2.05) is 19.9 Å². The first-order valence-electron chi connectivity index (χ1n) is 8.37. The molecule has 0 aliphatic carbocycles. The first kappa shape index (κ1) is 18.7. The van der Waals surface area contributed by atoms with Crippen LogP contribution in [0.3, 0.4) is 0 Å². The van der Waals surface area contributed by atoms with Crippen LogP contribution in [0.5, 0.6) is 0 Å². The van der Waals surface area contributed by atoms with Crippen LogP contribution in [0.15, 0.2) is 48.5 Å². The Balaban J connectivity index is 1.82. The maximum Gasteiger partial charge on any atom is 0.416 e. The third-order valence-corrected chi connectivity index (χ3v) is 3.90. The second kappa shape index (κ2) is 7.65. The largest absolute Gasteiger partial charge is 0.416 e. The molecule has 2 aromatic carbocycles. The van der Waals surface area contributed by atoms with Gasteiger partial charge in [0.05, 0.1) is 5.56 Å². The molecule has 0 bridgehead atoms. The van der Waals surface area contributed by atoms with Gasteiger partial charge < -0.3 is 10.2 Å². The molecule has 1 aromatic heterocycles. The van der Waals surface area contributed by atoms with E-state index in [9.17, 15) is 13.2 Å². The van der Waals surface area contributed by atoms with Crippen molar-refractivity contribution in [1.82, 2.24) is 20.4 Å². The van der Waals surface area contributed by atoms with Gasteiger partial charge in [-0.1, -0.05) is 24.2 Å². The van der Waals surface area contributed by atoms with Gasteiger partial charge in [0.1, 0.15) is 6.10 Å². The molecule has 0 saturated heterocycles. The minimum Gasteiger partial charge on any atom is -0.377 e. The normalized spacial score (nSPS) is 12.6. The molecule has 1 heterocycles. The number of halogens is 3. The van der Waals surface area contributed by atoms with Crippen LogP contribution in [-0.4, -0.2) is 26.5 Å². The van der Waals surface area contributed by atoms with E-state index in [2.05, 4.69) is 20.7 Å². The maximum atomic E-state index is 12.7. The molecule has 27 heavy (non-hydrogen) atoms. The number of nitrogens with zero attached hydrogens (tertiary/aromatic N) is 4. The number of hydrogen-bond donors (Lipinski definition) is 1. The molecular weight excluding hydrogens is 359 g/mol. The van der Waals surface area contributed by atoms with Gasteiger partial charge in [-0.3, -0.25) is 0 Å². The van der Waals surface area contributed by atoms with Gasteiger partial charge in [-0.15, -0.1) is 5.10 Å². The van der Waals surface area contributed by atoms with Crippen molar-refractivity contribution in [3.05, 3.63) is 54.1 Å². The number of rotatable bonds is 6. The molecule has 0 aliphatic heterocycles. The van der Waals surface area contributed by atoms with Crippen LogP contribution >= 0.6 is 0 Å². The van der Waals surface area contributed by atoms with Crippen LogP contribution in [0.1, 0.15) is 25.8 Å². The third kappa shape index (κ3) is 4.55. The average molecular weight is 377 g/mol. The molecule has 0 radical (unpaired) electrons. The molecule has 0 fully saturated rings.